The van der Waals surface area contributed by atoms with Gasteiger partial charge in [0, 0.05) is 6.42 Å². The number of nitrogens with zero attached hydrogens (tertiary/aromatic N) is 1. The monoisotopic (exact) mass is 237 g/mol. The van der Waals surface area contributed by atoms with Crippen LogP contribution in [0.5, 0.6) is 0 Å². The Labute approximate surface area is 101 Å². The molecule has 0 atom stereocenters. The number of hydrogen-bond donors (Lipinski definition) is 2. The third-order valence-corrected chi connectivity index (χ3v) is 3.30. The van der Waals surface area contributed by atoms with E-state index >= 15 is 0 Å². The van der Waals surface area contributed by atoms with Crippen molar-refractivity contribution in [3.8, 4) is 0 Å². The molecule has 0 spiro atoms. The molecule has 1 aliphatic rings. The molecule has 1 aliphatic carbocycles. The van der Waals surface area contributed by atoms with Gasteiger partial charge in [-0.2, -0.15) is 0 Å². The molecule has 2 rings (SSSR count). The zero-order valence-electron chi connectivity index (χ0n) is 10.2. The van der Waals surface area contributed by atoms with Crippen LogP contribution in [-0.4, -0.2) is 16.4 Å². The summed E-state index contributed by atoms with van der Waals surface area (Å²) in [5.74, 6) is 1.28. The lowest BCUT2D eigenvalue weighted by Crippen LogP contribution is -2.51. The molecule has 1 amide bonds. The number of amides is 1. The van der Waals surface area contributed by atoms with E-state index in [9.17, 15) is 4.79 Å². The third-order valence-electron chi connectivity index (χ3n) is 3.30. The van der Waals surface area contributed by atoms with Gasteiger partial charge in [-0.1, -0.05) is 19.8 Å². The second kappa shape index (κ2) is 4.87. The van der Waals surface area contributed by atoms with Crippen molar-refractivity contribution in [1.29, 1.82) is 0 Å². The molecule has 1 fully saturated rings. The van der Waals surface area contributed by atoms with Crippen LogP contribution in [0.15, 0.2) is 10.6 Å². The maximum Gasteiger partial charge on any atom is 0.240 e. The lowest BCUT2D eigenvalue weighted by atomic mass is 9.98. The Hall–Kier alpha value is -1.36. The summed E-state index contributed by atoms with van der Waals surface area (Å²) >= 11 is 0. The number of hydrogen-bond acceptors (Lipinski definition) is 4. The Morgan fingerprint density at radius 2 is 2.29 bits per heavy atom. The van der Waals surface area contributed by atoms with Crippen LogP contribution in [0.4, 0.5) is 0 Å². The summed E-state index contributed by atoms with van der Waals surface area (Å²) in [5, 5.41) is 2.80. The van der Waals surface area contributed by atoms with Crippen LogP contribution < -0.4 is 11.1 Å². The molecule has 1 heterocycles. The van der Waals surface area contributed by atoms with Gasteiger partial charge in [-0.05, 0) is 12.8 Å². The highest BCUT2D eigenvalue weighted by Crippen LogP contribution is 2.27. The van der Waals surface area contributed by atoms with Crippen LogP contribution in [0.25, 0.3) is 0 Å². The first-order valence-electron chi connectivity index (χ1n) is 6.15. The molecule has 0 saturated heterocycles. The summed E-state index contributed by atoms with van der Waals surface area (Å²) < 4.78 is 5.41. The van der Waals surface area contributed by atoms with E-state index in [0.717, 1.165) is 37.9 Å². The van der Waals surface area contributed by atoms with Crippen LogP contribution in [0, 0.1) is 0 Å². The molecule has 1 aromatic heterocycles. The molecule has 5 nitrogen and oxygen atoms in total. The van der Waals surface area contributed by atoms with Crippen LogP contribution in [0.1, 0.15) is 44.3 Å². The minimum Gasteiger partial charge on any atom is -0.444 e. The van der Waals surface area contributed by atoms with E-state index in [0.29, 0.717) is 12.4 Å². The Bertz CT molecular complexity index is 394. The molecule has 0 unspecified atom stereocenters. The summed E-state index contributed by atoms with van der Waals surface area (Å²) in [7, 11) is 0. The van der Waals surface area contributed by atoms with E-state index in [2.05, 4.69) is 10.3 Å². The van der Waals surface area contributed by atoms with Crippen molar-refractivity contribution >= 4 is 5.91 Å². The number of rotatable bonds is 4. The quantitative estimate of drug-likeness (QED) is 0.822. The average Bonchev–Trinajstić information content (AvgIpc) is 2.95. The summed E-state index contributed by atoms with van der Waals surface area (Å²) in [6.45, 7) is 2.31. The van der Waals surface area contributed by atoms with Crippen molar-refractivity contribution in [2.45, 2.75) is 51.1 Å². The maximum atomic E-state index is 11.9. The molecular weight excluding hydrogens is 218 g/mol. The molecule has 0 radical (unpaired) electrons. The fraction of sp³-hybridized carbons (Fsp3) is 0.667. The van der Waals surface area contributed by atoms with Crippen LogP contribution >= 0.6 is 0 Å². The van der Waals surface area contributed by atoms with Crippen molar-refractivity contribution in [2.24, 2.45) is 5.73 Å². The summed E-state index contributed by atoms with van der Waals surface area (Å²) in [6, 6.07) is 0. The molecule has 5 heteroatoms. The topological polar surface area (TPSA) is 81.2 Å². The van der Waals surface area contributed by atoms with E-state index in [4.69, 9.17) is 10.2 Å². The standard InChI is InChI=1S/C12H19N3O2/c1-2-9-7-14-10(17-9)8-15-11(16)12(13)5-3-4-6-12/h7H,2-6,8,13H2,1H3,(H,15,16). The summed E-state index contributed by atoms with van der Waals surface area (Å²) in [6.07, 6.45) is 6.10. The van der Waals surface area contributed by atoms with Crippen molar-refractivity contribution < 1.29 is 9.21 Å². The van der Waals surface area contributed by atoms with Gasteiger partial charge in [-0.3, -0.25) is 4.79 Å². The summed E-state index contributed by atoms with van der Waals surface area (Å²) in [5.41, 5.74) is 5.35. The normalized spacial score (nSPS) is 18.2. The van der Waals surface area contributed by atoms with E-state index in [1.54, 1.807) is 6.20 Å². The number of carbonyl (C=O) groups excluding carboxylic acids is 1. The highest BCUT2D eigenvalue weighted by atomic mass is 16.4. The summed E-state index contributed by atoms with van der Waals surface area (Å²) in [4.78, 5) is 16.0. The van der Waals surface area contributed by atoms with Gasteiger partial charge < -0.3 is 15.5 Å². The largest absolute Gasteiger partial charge is 0.444 e. The average molecular weight is 237 g/mol. The highest BCUT2D eigenvalue weighted by Gasteiger charge is 2.36. The molecule has 1 saturated carbocycles. The van der Waals surface area contributed by atoms with Crippen molar-refractivity contribution in [3.63, 3.8) is 0 Å². The lowest BCUT2D eigenvalue weighted by Gasteiger charge is -2.21. The number of oxazole rings is 1. The zero-order valence-corrected chi connectivity index (χ0v) is 10.2. The smallest absolute Gasteiger partial charge is 0.240 e. The predicted octanol–water partition coefficient (Wildman–Crippen LogP) is 1.12. The van der Waals surface area contributed by atoms with Gasteiger partial charge in [0.25, 0.3) is 0 Å². The number of carbonyl (C=O) groups is 1. The maximum absolute atomic E-state index is 11.9. The minimum atomic E-state index is -0.680. The highest BCUT2D eigenvalue weighted by molar-refractivity contribution is 5.86. The van der Waals surface area contributed by atoms with Gasteiger partial charge in [-0.15, -0.1) is 0 Å². The van der Waals surface area contributed by atoms with Crippen molar-refractivity contribution in [2.75, 3.05) is 0 Å². The lowest BCUT2D eigenvalue weighted by molar-refractivity contribution is -0.126. The first kappa shape index (κ1) is 12.1. The van der Waals surface area contributed by atoms with Crippen molar-refractivity contribution in [3.05, 3.63) is 17.8 Å². The fourth-order valence-corrected chi connectivity index (χ4v) is 2.16. The Kier molecular flexibility index (Phi) is 3.47. The van der Waals surface area contributed by atoms with E-state index in [1.165, 1.54) is 0 Å². The molecule has 94 valence electrons. The van der Waals surface area contributed by atoms with Gasteiger partial charge in [0.2, 0.25) is 11.8 Å². The Morgan fingerprint density at radius 3 is 2.88 bits per heavy atom. The number of aryl methyl sites for hydroxylation is 1. The third kappa shape index (κ3) is 2.66. The van der Waals surface area contributed by atoms with Gasteiger partial charge in [0.15, 0.2) is 0 Å². The van der Waals surface area contributed by atoms with Crippen LogP contribution in [0.3, 0.4) is 0 Å². The predicted molar refractivity (Wildman–Crippen MR) is 63.1 cm³/mol. The minimum absolute atomic E-state index is 0.0914. The molecular formula is C12H19N3O2. The number of aromatic nitrogens is 1. The zero-order chi connectivity index (χ0) is 12.3. The fourth-order valence-electron chi connectivity index (χ4n) is 2.16. The van der Waals surface area contributed by atoms with E-state index < -0.39 is 5.54 Å². The van der Waals surface area contributed by atoms with Crippen LogP contribution in [-0.2, 0) is 17.8 Å². The first-order valence-corrected chi connectivity index (χ1v) is 6.15. The van der Waals surface area contributed by atoms with Crippen molar-refractivity contribution in [1.82, 2.24) is 10.3 Å². The van der Waals surface area contributed by atoms with Crippen LogP contribution in [0.2, 0.25) is 0 Å². The molecule has 17 heavy (non-hydrogen) atoms. The Morgan fingerprint density at radius 1 is 1.59 bits per heavy atom. The van der Waals surface area contributed by atoms with Gasteiger partial charge in [-0.25, -0.2) is 4.98 Å². The first-order chi connectivity index (χ1) is 8.14. The van der Waals surface area contributed by atoms with Gasteiger partial charge in [0.1, 0.15) is 5.76 Å². The number of nitrogens with one attached hydrogen (secondary N) is 1. The molecule has 1 aromatic rings. The Balaban J connectivity index is 1.87. The molecule has 0 aromatic carbocycles. The van der Waals surface area contributed by atoms with E-state index in [-0.39, 0.29) is 5.91 Å². The molecule has 3 N–H and O–H groups in total. The van der Waals surface area contributed by atoms with Gasteiger partial charge >= 0.3 is 0 Å². The number of nitrogens with two attached hydrogens (primary N) is 1. The second-order valence-corrected chi connectivity index (χ2v) is 4.62. The molecule has 0 aliphatic heterocycles. The SMILES string of the molecule is CCc1cnc(CNC(=O)C2(N)CCCC2)o1. The van der Waals surface area contributed by atoms with E-state index in [1.807, 2.05) is 6.92 Å². The second-order valence-electron chi connectivity index (χ2n) is 4.62. The molecule has 0 bridgehead atoms. The van der Waals surface area contributed by atoms with Gasteiger partial charge in [0.05, 0.1) is 18.3 Å².